The molecule has 0 aromatic rings. The van der Waals surface area contributed by atoms with Gasteiger partial charge in [0.25, 0.3) is 0 Å². The number of aliphatic hydroxyl groups is 2. The van der Waals surface area contributed by atoms with E-state index in [1.165, 1.54) is 5.57 Å². The Bertz CT molecular complexity index is 983. The van der Waals surface area contributed by atoms with Gasteiger partial charge in [-0.15, -0.1) is 0 Å². The van der Waals surface area contributed by atoms with Crippen LogP contribution in [0.5, 0.6) is 0 Å². The number of allylic oxidation sites excluding steroid dienone is 2. The molecular weight excluding hydrogens is 440 g/mol. The van der Waals surface area contributed by atoms with Crippen molar-refractivity contribution in [2.75, 3.05) is 6.61 Å². The van der Waals surface area contributed by atoms with Crippen molar-refractivity contribution in [1.29, 1.82) is 0 Å². The van der Waals surface area contributed by atoms with Crippen molar-refractivity contribution in [3.63, 3.8) is 0 Å². The maximum Gasteiger partial charge on any atom is 0.317 e. The average Bonchev–Trinajstić information content (AvgIpc) is 2.76. The molecule has 5 aliphatic carbocycles. The number of aliphatic carboxylic acids is 1. The molecule has 196 valence electrons. The van der Waals surface area contributed by atoms with Crippen LogP contribution in [0.4, 0.5) is 0 Å². The van der Waals surface area contributed by atoms with Crippen molar-refractivity contribution in [3.8, 4) is 0 Å². The first kappa shape index (κ1) is 25.4. The standard InChI is InChI=1S/C30H46O5/c1-25(2)11-13-30(17-31)14-12-27(4)18(19(30)15-25)7-8-21-26(3)10-9-22(33)29(6,24(34)35)23(26)20(32)16-28(21,27)5/h7,19-21,23,31-32H,8-17H2,1-6H3,(H,34,35). The van der Waals surface area contributed by atoms with Crippen LogP contribution in [0.25, 0.3) is 0 Å². The summed E-state index contributed by atoms with van der Waals surface area (Å²) < 4.78 is 0. The monoisotopic (exact) mass is 486 g/mol. The summed E-state index contributed by atoms with van der Waals surface area (Å²) in [5.41, 5.74) is -0.556. The minimum atomic E-state index is -1.54. The first-order valence-electron chi connectivity index (χ1n) is 13.9. The molecule has 0 amide bonds. The van der Waals surface area contributed by atoms with E-state index in [1.54, 1.807) is 6.92 Å². The minimum Gasteiger partial charge on any atom is -0.480 e. The summed E-state index contributed by atoms with van der Waals surface area (Å²) in [4.78, 5) is 25.5. The average molecular weight is 487 g/mol. The molecule has 4 fully saturated rings. The Hall–Kier alpha value is -1.20. The Labute approximate surface area is 210 Å². The van der Waals surface area contributed by atoms with E-state index in [4.69, 9.17) is 0 Å². The van der Waals surface area contributed by atoms with Crippen LogP contribution in [0.3, 0.4) is 0 Å². The van der Waals surface area contributed by atoms with Crippen LogP contribution in [-0.2, 0) is 9.59 Å². The van der Waals surface area contributed by atoms with Gasteiger partial charge in [-0.25, -0.2) is 0 Å². The van der Waals surface area contributed by atoms with E-state index in [2.05, 4.69) is 40.7 Å². The SMILES string of the molecule is CC1(C)CCC2(CO)CCC3(C)C(=CCC4C5(C)CCC(=O)C(C)(C(=O)O)C5C(O)CC43C)C2C1. The number of hydrogen-bond donors (Lipinski definition) is 3. The second-order valence-electron chi connectivity index (χ2n) is 14.8. The van der Waals surface area contributed by atoms with Crippen LogP contribution >= 0.6 is 0 Å². The van der Waals surface area contributed by atoms with E-state index in [-0.39, 0.29) is 46.4 Å². The van der Waals surface area contributed by atoms with Crippen LogP contribution in [-0.4, -0.2) is 39.8 Å². The molecule has 35 heavy (non-hydrogen) atoms. The number of carboxylic acid groups (broad SMARTS) is 1. The molecule has 9 unspecified atom stereocenters. The molecule has 0 aromatic carbocycles. The third-order valence-electron chi connectivity index (χ3n) is 12.9. The van der Waals surface area contributed by atoms with Gasteiger partial charge >= 0.3 is 5.97 Å². The summed E-state index contributed by atoms with van der Waals surface area (Å²) in [5, 5.41) is 32.6. The highest BCUT2D eigenvalue weighted by atomic mass is 16.4. The van der Waals surface area contributed by atoms with Crippen molar-refractivity contribution in [2.24, 2.45) is 50.2 Å². The van der Waals surface area contributed by atoms with Crippen LogP contribution in [0, 0.1) is 50.2 Å². The maximum absolute atomic E-state index is 13.0. The Morgan fingerprint density at radius 2 is 1.66 bits per heavy atom. The van der Waals surface area contributed by atoms with Crippen LogP contribution < -0.4 is 0 Å². The zero-order valence-electron chi connectivity index (χ0n) is 22.6. The van der Waals surface area contributed by atoms with Crippen molar-refractivity contribution >= 4 is 11.8 Å². The summed E-state index contributed by atoms with van der Waals surface area (Å²) in [6.07, 6.45) is 9.25. The number of carbonyl (C=O) groups excluding carboxylic acids is 1. The number of carbonyl (C=O) groups is 2. The number of fused-ring (bicyclic) bond motifs is 7. The quantitative estimate of drug-likeness (QED) is 0.360. The first-order chi connectivity index (χ1) is 16.1. The van der Waals surface area contributed by atoms with E-state index in [1.807, 2.05) is 0 Å². The van der Waals surface area contributed by atoms with Crippen molar-refractivity contribution in [1.82, 2.24) is 0 Å². The normalized spacial score (nSPS) is 52.9. The Morgan fingerprint density at radius 3 is 2.29 bits per heavy atom. The molecule has 5 heteroatoms. The van der Waals surface area contributed by atoms with Gasteiger partial charge in [-0.2, -0.15) is 0 Å². The molecule has 9 atom stereocenters. The fraction of sp³-hybridized carbons (Fsp3) is 0.867. The molecule has 3 N–H and O–H groups in total. The molecule has 0 radical (unpaired) electrons. The summed E-state index contributed by atoms with van der Waals surface area (Å²) >= 11 is 0. The molecule has 0 saturated heterocycles. The van der Waals surface area contributed by atoms with E-state index in [9.17, 15) is 24.9 Å². The second-order valence-corrected chi connectivity index (χ2v) is 14.8. The molecule has 0 spiro atoms. The lowest BCUT2D eigenvalue weighted by Gasteiger charge is -2.71. The Balaban J connectivity index is 1.63. The topological polar surface area (TPSA) is 94.8 Å². The molecule has 0 heterocycles. The molecule has 0 aromatic heterocycles. The number of hydrogen-bond acceptors (Lipinski definition) is 4. The molecular formula is C30H46O5. The second kappa shape index (κ2) is 7.43. The number of carboxylic acids is 1. The van der Waals surface area contributed by atoms with Gasteiger partial charge in [0.1, 0.15) is 11.2 Å². The summed E-state index contributed by atoms with van der Waals surface area (Å²) in [6, 6.07) is 0. The number of ketones is 1. The van der Waals surface area contributed by atoms with Crippen molar-refractivity contribution < 1.29 is 24.9 Å². The van der Waals surface area contributed by atoms with Gasteiger partial charge < -0.3 is 15.3 Å². The van der Waals surface area contributed by atoms with Gasteiger partial charge in [0, 0.05) is 24.4 Å². The fourth-order valence-corrected chi connectivity index (χ4v) is 10.6. The van der Waals surface area contributed by atoms with Crippen LogP contribution in [0.1, 0.15) is 99.3 Å². The molecule has 0 aliphatic heterocycles. The zero-order chi connectivity index (χ0) is 25.8. The highest BCUT2D eigenvalue weighted by Crippen LogP contribution is 2.75. The van der Waals surface area contributed by atoms with Crippen LogP contribution in [0.2, 0.25) is 0 Å². The molecule has 4 saturated carbocycles. The molecule has 5 nitrogen and oxygen atoms in total. The lowest BCUT2D eigenvalue weighted by atomic mass is 9.33. The number of rotatable bonds is 2. The molecule has 5 rings (SSSR count). The highest BCUT2D eigenvalue weighted by Gasteiger charge is 2.72. The summed E-state index contributed by atoms with van der Waals surface area (Å²) in [5.74, 6) is -1.33. The Morgan fingerprint density at radius 1 is 1.00 bits per heavy atom. The van der Waals surface area contributed by atoms with Gasteiger partial charge in [0.05, 0.1) is 6.10 Å². The largest absolute Gasteiger partial charge is 0.480 e. The van der Waals surface area contributed by atoms with E-state index in [0.717, 1.165) is 38.5 Å². The lowest BCUT2D eigenvalue weighted by Crippen LogP contribution is -2.69. The van der Waals surface area contributed by atoms with Gasteiger partial charge in [0.2, 0.25) is 0 Å². The lowest BCUT2D eigenvalue weighted by molar-refractivity contribution is -0.226. The molecule has 5 aliphatic rings. The van der Waals surface area contributed by atoms with Gasteiger partial charge in [-0.3, -0.25) is 9.59 Å². The predicted octanol–water partition coefficient (Wildman–Crippen LogP) is 5.39. The van der Waals surface area contributed by atoms with Gasteiger partial charge in [0.15, 0.2) is 0 Å². The van der Waals surface area contributed by atoms with Crippen molar-refractivity contribution in [2.45, 2.75) is 105 Å². The smallest absolute Gasteiger partial charge is 0.317 e. The van der Waals surface area contributed by atoms with E-state index in [0.29, 0.717) is 18.8 Å². The first-order valence-corrected chi connectivity index (χ1v) is 13.9. The highest BCUT2D eigenvalue weighted by molar-refractivity contribution is 6.03. The van der Waals surface area contributed by atoms with Crippen LogP contribution in [0.15, 0.2) is 11.6 Å². The minimum absolute atomic E-state index is 0.0388. The third-order valence-corrected chi connectivity index (χ3v) is 12.9. The fourth-order valence-electron chi connectivity index (χ4n) is 10.6. The van der Waals surface area contributed by atoms with Gasteiger partial charge in [-0.1, -0.05) is 46.3 Å². The number of aliphatic hydroxyl groups excluding tert-OH is 2. The zero-order valence-corrected chi connectivity index (χ0v) is 22.6. The Kier molecular flexibility index (Phi) is 5.40. The van der Waals surface area contributed by atoms with E-state index < -0.39 is 28.8 Å². The van der Waals surface area contributed by atoms with Gasteiger partial charge in [-0.05, 0) is 91.8 Å². The summed E-state index contributed by atoms with van der Waals surface area (Å²) in [6.45, 7) is 13.4. The third kappa shape index (κ3) is 3.00. The van der Waals surface area contributed by atoms with Crippen molar-refractivity contribution in [3.05, 3.63) is 11.6 Å². The van der Waals surface area contributed by atoms with E-state index >= 15 is 0 Å². The summed E-state index contributed by atoms with van der Waals surface area (Å²) in [7, 11) is 0. The molecule has 0 bridgehead atoms. The number of Topliss-reactive ketones (excluding diaryl/α,β-unsaturated/α-hetero) is 1. The predicted molar refractivity (Wildman–Crippen MR) is 134 cm³/mol. The maximum atomic E-state index is 13.0.